The second-order valence-corrected chi connectivity index (χ2v) is 6.48. The van der Waals surface area contributed by atoms with Gasteiger partial charge in [0.1, 0.15) is 0 Å². The number of anilines is 1. The van der Waals surface area contributed by atoms with Crippen LogP contribution in [0.2, 0.25) is 5.02 Å². The van der Waals surface area contributed by atoms with Crippen molar-refractivity contribution in [1.82, 2.24) is 0 Å². The van der Waals surface area contributed by atoms with E-state index in [4.69, 9.17) is 11.6 Å². The lowest BCUT2D eigenvalue weighted by molar-refractivity contribution is -0.116. The third-order valence-corrected chi connectivity index (χ3v) is 4.83. The minimum Gasteiger partial charge on any atom is -0.311 e. The van der Waals surface area contributed by atoms with Gasteiger partial charge in [-0.15, -0.1) is 0 Å². The molecule has 1 amide bonds. The predicted octanol–water partition coefficient (Wildman–Crippen LogP) is 3.96. The molecule has 0 spiro atoms. The molecule has 1 saturated heterocycles. The Hall–Kier alpha value is -0.680. The average molecular weight is 351 g/mol. The summed E-state index contributed by atoms with van der Waals surface area (Å²) in [5, 5.41) is 0.341. The van der Waals surface area contributed by atoms with E-state index in [1.165, 1.54) is 0 Å². The Labute approximate surface area is 122 Å². The first kappa shape index (κ1) is 13.3. The minimum absolute atomic E-state index is 0.0316. The first-order chi connectivity index (χ1) is 8.90. The fourth-order valence-electron chi connectivity index (χ4n) is 2.42. The summed E-state index contributed by atoms with van der Waals surface area (Å²) in [4.78, 5) is 13.3. The summed E-state index contributed by atoms with van der Waals surface area (Å²) in [6.07, 6.45) is 0.557. The summed E-state index contributed by atoms with van der Waals surface area (Å²) in [7, 11) is 0. The highest BCUT2D eigenvalue weighted by atomic mass is 79.9. The lowest BCUT2D eigenvalue weighted by Gasteiger charge is -2.17. The van der Waals surface area contributed by atoms with E-state index in [9.17, 15) is 13.6 Å². The largest absolute Gasteiger partial charge is 0.311 e. The maximum atomic E-state index is 13.2. The maximum Gasteiger partial charge on any atom is 0.255 e. The highest BCUT2D eigenvalue weighted by Crippen LogP contribution is 2.57. The Morgan fingerprint density at radius 2 is 2.11 bits per heavy atom. The van der Waals surface area contributed by atoms with Crippen LogP contribution in [0.25, 0.3) is 0 Å². The standard InChI is InChI=1S/C13H11BrClF2NO/c14-10-3-4-18(12(10)19)7-1-2-11(15)8(5-7)9-6-13(9,16)17/h1-2,5,9-10H,3-4,6H2. The predicted molar refractivity (Wildman–Crippen MR) is 73.4 cm³/mol. The van der Waals surface area contributed by atoms with Crippen molar-refractivity contribution in [3.8, 4) is 0 Å². The second kappa shape index (κ2) is 4.42. The number of hydrogen-bond acceptors (Lipinski definition) is 1. The molecule has 1 aliphatic heterocycles. The zero-order valence-corrected chi connectivity index (χ0v) is 12.2. The number of hydrogen-bond donors (Lipinski definition) is 0. The van der Waals surface area contributed by atoms with Gasteiger partial charge in [0.15, 0.2) is 0 Å². The molecule has 0 radical (unpaired) electrons. The van der Waals surface area contributed by atoms with Crippen LogP contribution in [0.15, 0.2) is 18.2 Å². The summed E-state index contributed by atoms with van der Waals surface area (Å²) >= 11 is 9.28. The third-order valence-electron chi connectivity index (χ3n) is 3.63. The van der Waals surface area contributed by atoms with Gasteiger partial charge in [-0.05, 0) is 30.2 Å². The van der Waals surface area contributed by atoms with Crippen molar-refractivity contribution >= 4 is 39.1 Å². The molecular formula is C13H11BrClF2NO. The Bertz CT molecular complexity index is 551. The summed E-state index contributed by atoms with van der Waals surface area (Å²) in [6, 6.07) is 4.92. The molecule has 1 saturated carbocycles. The Balaban J connectivity index is 1.92. The van der Waals surface area contributed by atoms with E-state index in [1.54, 1.807) is 23.1 Å². The average Bonchev–Trinajstić information content (AvgIpc) is 2.86. The van der Waals surface area contributed by atoms with E-state index < -0.39 is 11.8 Å². The zero-order valence-electron chi connectivity index (χ0n) is 9.88. The van der Waals surface area contributed by atoms with Gasteiger partial charge in [-0.1, -0.05) is 27.5 Å². The molecule has 0 N–H and O–H groups in total. The summed E-state index contributed by atoms with van der Waals surface area (Å²) < 4.78 is 26.3. The number of carbonyl (C=O) groups excluding carboxylic acids is 1. The Morgan fingerprint density at radius 1 is 1.42 bits per heavy atom. The summed E-state index contributed by atoms with van der Waals surface area (Å²) in [6.45, 7) is 0.594. The first-order valence-electron chi connectivity index (χ1n) is 6.03. The topological polar surface area (TPSA) is 20.3 Å². The van der Waals surface area contributed by atoms with Crippen molar-refractivity contribution in [3.05, 3.63) is 28.8 Å². The van der Waals surface area contributed by atoms with E-state index >= 15 is 0 Å². The van der Waals surface area contributed by atoms with Crippen molar-refractivity contribution < 1.29 is 13.6 Å². The van der Waals surface area contributed by atoms with Crippen LogP contribution in [0.5, 0.6) is 0 Å². The number of amides is 1. The van der Waals surface area contributed by atoms with Gasteiger partial charge in [0.05, 0.1) is 10.7 Å². The second-order valence-electron chi connectivity index (χ2n) is 4.97. The van der Waals surface area contributed by atoms with E-state index in [1.807, 2.05) is 0 Å². The van der Waals surface area contributed by atoms with Crippen molar-refractivity contribution in [1.29, 1.82) is 0 Å². The van der Waals surface area contributed by atoms with Crippen molar-refractivity contribution in [2.24, 2.45) is 0 Å². The van der Waals surface area contributed by atoms with E-state index in [0.29, 0.717) is 22.8 Å². The summed E-state index contributed by atoms with van der Waals surface area (Å²) in [5.41, 5.74) is 1.09. The zero-order chi connectivity index (χ0) is 13.8. The smallest absolute Gasteiger partial charge is 0.255 e. The van der Waals surface area contributed by atoms with Gasteiger partial charge < -0.3 is 4.90 Å². The van der Waals surface area contributed by atoms with Crippen LogP contribution in [0.1, 0.15) is 24.3 Å². The number of halogens is 4. The molecule has 6 heteroatoms. The fraction of sp³-hybridized carbons (Fsp3) is 0.462. The van der Waals surface area contributed by atoms with Crippen LogP contribution in [0.4, 0.5) is 14.5 Å². The number of rotatable bonds is 2. The SMILES string of the molecule is O=C1C(Br)CCN1c1ccc(Cl)c(C2CC2(F)F)c1. The van der Waals surface area contributed by atoms with Crippen LogP contribution in [0.3, 0.4) is 0 Å². The van der Waals surface area contributed by atoms with Crippen LogP contribution in [-0.2, 0) is 4.79 Å². The van der Waals surface area contributed by atoms with Gasteiger partial charge in [0.25, 0.3) is 5.92 Å². The first-order valence-corrected chi connectivity index (χ1v) is 7.32. The van der Waals surface area contributed by atoms with Crippen LogP contribution in [0, 0.1) is 0 Å². The van der Waals surface area contributed by atoms with Gasteiger partial charge in [-0.25, -0.2) is 8.78 Å². The molecule has 1 aromatic rings. The molecule has 1 heterocycles. The fourth-order valence-corrected chi connectivity index (χ4v) is 3.12. The molecule has 102 valence electrons. The van der Waals surface area contributed by atoms with E-state index in [2.05, 4.69) is 15.9 Å². The lowest BCUT2D eigenvalue weighted by atomic mass is 10.1. The quantitative estimate of drug-likeness (QED) is 0.739. The lowest BCUT2D eigenvalue weighted by Crippen LogP contribution is -2.27. The van der Waals surface area contributed by atoms with Crippen molar-refractivity contribution in [2.75, 3.05) is 11.4 Å². The van der Waals surface area contributed by atoms with Gasteiger partial charge in [0, 0.05) is 23.7 Å². The van der Waals surface area contributed by atoms with Crippen molar-refractivity contribution in [3.63, 3.8) is 0 Å². The minimum atomic E-state index is -2.66. The van der Waals surface area contributed by atoms with E-state index in [-0.39, 0.29) is 17.2 Å². The monoisotopic (exact) mass is 349 g/mol. The number of nitrogens with zero attached hydrogens (tertiary/aromatic N) is 1. The molecule has 2 unspecified atom stereocenters. The van der Waals surface area contributed by atoms with Gasteiger partial charge in [0.2, 0.25) is 5.91 Å². The Kier molecular flexibility index (Phi) is 3.09. The molecule has 2 atom stereocenters. The molecule has 1 aromatic carbocycles. The van der Waals surface area contributed by atoms with E-state index in [0.717, 1.165) is 6.42 Å². The number of benzene rings is 1. The summed E-state index contributed by atoms with van der Waals surface area (Å²) in [5.74, 6) is -3.50. The number of carbonyl (C=O) groups is 1. The van der Waals surface area contributed by atoms with Crippen LogP contribution < -0.4 is 4.90 Å². The normalized spacial score (nSPS) is 28.8. The van der Waals surface area contributed by atoms with Gasteiger partial charge in [-0.3, -0.25) is 4.79 Å². The maximum absolute atomic E-state index is 13.2. The third kappa shape index (κ3) is 2.27. The van der Waals surface area contributed by atoms with Crippen LogP contribution >= 0.6 is 27.5 Å². The molecule has 0 aromatic heterocycles. The molecule has 2 fully saturated rings. The Morgan fingerprint density at radius 3 is 2.63 bits per heavy atom. The molecule has 19 heavy (non-hydrogen) atoms. The molecule has 2 nitrogen and oxygen atoms in total. The van der Waals surface area contributed by atoms with Crippen molar-refractivity contribution in [2.45, 2.75) is 29.5 Å². The van der Waals surface area contributed by atoms with Gasteiger partial charge >= 0.3 is 0 Å². The highest BCUT2D eigenvalue weighted by Gasteiger charge is 2.58. The molecule has 3 rings (SSSR count). The molecule has 1 aliphatic carbocycles. The molecule has 0 bridgehead atoms. The molecular weight excluding hydrogens is 340 g/mol. The van der Waals surface area contributed by atoms with Crippen LogP contribution in [-0.4, -0.2) is 23.2 Å². The highest BCUT2D eigenvalue weighted by molar-refractivity contribution is 9.10. The number of alkyl halides is 3. The molecule has 2 aliphatic rings. The van der Waals surface area contributed by atoms with Gasteiger partial charge in [-0.2, -0.15) is 0 Å².